The minimum Gasteiger partial charge on any atom is -0.512 e. The Morgan fingerprint density at radius 3 is 0.550 bits per heavy atom. The first-order valence-corrected chi connectivity index (χ1v) is 13.5. The van der Waals surface area contributed by atoms with E-state index < -0.39 is 16.2 Å². The maximum atomic E-state index is 11.5. The van der Waals surface area contributed by atoms with Gasteiger partial charge in [-0.3, -0.25) is 14.4 Å². The van der Waals surface area contributed by atoms with E-state index >= 15 is 0 Å². The number of hydrogen-bond acceptors (Lipinski definition) is 6. The molecule has 6 nitrogen and oxygen atoms in total. The molecule has 0 saturated heterocycles. The zero-order chi connectivity index (χ0) is 32.6. The van der Waals surface area contributed by atoms with Crippen LogP contribution in [-0.4, -0.2) is 32.7 Å². The Kier molecular flexibility index (Phi) is 19.3. The molecule has 0 aliphatic heterocycles. The fourth-order valence-corrected chi connectivity index (χ4v) is 1.67. The summed E-state index contributed by atoms with van der Waals surface area (Å²) < 4.78 is 0. The van der Waals surface area contributed by atoms with Gasteiger partial charge in [0.1, 0.15) is 17.3 Å². The third kappa shape index (κ3) is 21.8. The number of allylic oxidation sites excluding steroid dienone is 6. The van der Waals surface area contributed by atoms with Crippen molar-refractivity contribution in [2.24, 2.45) is 32.5 Å². The van der Waals surface area contributed by atoms with Crippen molar-refractivity contribution in [2.45, 2.75) is 125 Å². The van der Waals surface area contributed by atoms with Crippen molar-refractivity contribution < 1.29 is 76.6 Å². The van der Waals surface area contributed by atoms with E-state index in [1.54, 1.807) is 0 Å². The molecule has 40 heavy (non-hydrogen) atoms. The van der Waals surface area contributed by atoms with Gasteiger partial charge in [0.05, 0.1) is 0 Å². The summed E-state index contributed by atoms with van der Waals surface area (Å²) in [5.41, 5.74) is -2.29. The summed E-state index contributed by atoms with van der Waals surface area (Å²) in [6.45, 7) is 33.3. The van der Waals surface area contributed by atoms with Crippen molar-refractivity contribution in [1.82, 2.24) is 0 Å². The largest absolute Gasteiger partial charge is 0.512 e. The molecule has 0 aliphatic rings. The first kappa shape index (κ1) is 46.1. The van der Waals surface area contributed by atoms with Crippen molar-refractivity contribution in [3.05, 3.63) is 35.5 Å². The molecule has 0 fully saturated rings. The van der Waals surface area contributed by atoms with Crippen molar-refractivity contribution in [3.8, 4) is 0 Å². The van der Waals surface area contributed by atoms with E-state index in [1.165, 1.54) is 18.2 Å². The third-order valence-electron chi connectivity index (χ3n) is 5.33. The second-order valence-electron chi connectivity index (χ2n) is 16.2. The number of carbonyl (C=O) groups is 3. The molecular weight excluding hydrogens is 665 g/mol. The number of hydrogen-bond donors (Lipinski definition) is 3. The maximum Gasteiger partial charge on any atom is 0.164 e. The zero-order valence-electron chi connectivity index (χ0n) is 28.6. The molecule has 7 heteroatoms. The minimum absolute atomic E-state index is 0. The molecule has 0 aromatic heterocycles. The van der Waals surface area contributed by atoms with Crippen LogP contribution in [0.5, 0.6) is 0 Å². The standard InChI is InChI=1S/3C11H20O2.Yb/c3*1-10(2,3)8(12)7-9(13)11(4,5)6;/h3*7,12H,1-6H3;/b3*8-7+;. The summed E-state index contributed by atoms with van der Waals surface area (Å²) in [6, 6.07) is 0. The van der Waals surface area contributed by atoms with Crippen molar-refractivity contribution in [1.29, 1.82) is 0 Å². The maximum absolute atomic E-state index is 11.5. The van der Waals surface area contributed by atoms with Gasteiger partial charge in [-0.05, 0) is 0 Å². The van der Waals surface area contributed by atoms with Crippen LogP contribution in [0.1, 0.15) is 125 Å². The summed E-state index contributed by atoms with van der Waals surface area (Å²) in [6.07, 6.45) is 4.00. The minimum atomic E-state index is -0.417. The molecular formula is C33H60O6Yb. The van der Waals surface area contributed by atoms with Crippen LogP contribution in [0.3, 0.4) is 0 Å². The van der Waals surface area contributed by atoms with Crippen LogP contribution in [0, 0.1) is 79.4 Å². The van der Waals surface area contributed by atoms with Gasteiger partial charge in [0.2, 0.25) is 0 Å². The van der Waals surface area contributed by atoms with Gasteiger partial charge in [0.25, 0.3) is 0 Å². The van der Waals surface area contributed by atoms with Crippen LogP contribution >= 0.6 is 0 Å². The predicted octanol–water partition coefficient (Wildman–Crippen LogP) is 9.27. The average Bonchev–Trinajstić information content (AvgIpc) is 2.64. The topological polar surface area (TPSA) is 112 Å². The first-order chi connectivity index (χ1) is 16.6. The number of carbonyl (C=O) groups excluding carboxylic acids is 3. The van der Waals surface area contributed by atoms with Gasteiger partial charge in [-0.15, -0.1) is 0 Å². The van der Waals surface area contributed by atoms with Gasteiger partial charge < -0.3 is 15.3 Å². The van der Waals surface area contributed by atoms with Gasteiger partial charge in [0.15, 0.2) is 17.3 Å². The molecule has 3 N–H and O–H groups in total. The monoisotopic (exact) mass is 726 g/mol. The van der Waals surface area contributed by atoms with Gasteiger partial charge >= 0.3 is 0 Å². The fraction of sp³-hybridized carbons (Fsp3) is 0.727. The third-order valence-corrected chi connectivity index (χ3v) is 5.33. The molecule has 0 unspecified atom stereocenters. The Morgan fingerprint density at radius 1 is 0.350 bits per heavy atom. The van der Waals surface area contributed by atoms with E-state index in [1.807, 2.05) is 125 Å². The number of ketones is 3. The number of rotatable bonds is 3. The van der Waals surface area contributed by atoms with E-state index in [0.717, 1.165) is 0 Å². The van der Waals surface area contributed by atoms with E-state index in [0.29, 0.717) is 0 Å². The summed E-state index contributed by atoms with van der Waals surface area (Å²) in [5, 5.41) is 28.7. The molecule has 0 heterocycles. The first-order valence-electron chi connectivity index (χ1n) is 13.5. The van der Waals surface area contributed by atoms with Gasteiger partial charge in [-0.25, -0.2) is 0 Å². The summed E-state index contributed by atoms with van der Waals surface area (Å²) in [4.78, 5) is 34.5. The SMILES string of the molecule is CC(C)(C)C(=O)/C=C(/O)C(C)(C)C.CC(C)(C)C(=O)/C=C(/O)C(C)(C)C.CC(C)(C)C(=O)/C=C(/O)C(C)(C)C.[Yb]. The van der Waals surface area contributed by atoms with Gasteiger partial charge in [0, 0.05) is 97.6 Å². The molecule has 0 saturated carbocycles. The summed E-state index contributed by atoms with van der Waals surface area (Å²) >= 11 is 0. The molecule has 0 rings (SSSR count). The average molecular weight is 726 g/mol. The van der Waals surface area contributed by atoms with E-state index in [9.17, 15) is 29.7 Å². The van der Waals surface area contributed by atoms with Gasteiger partial charge in [-0.1, -0.05) is 125 Å². The Labute approximate surface area is 284 Å². The van der Waals surface area contributed by atoms with Crippen LogP contribution in [0.2, 0.25) is 0 Å². The smallest absolute Gasteiger partial charge is 0.164 e. The molecule has 0 aliphatic carbocycles. The van der Waals surface area contributed by atoms with Crippen LogP contribution in [0.25, 0.3) is 0 Å². The summed E-state index contributed by atoms with van der Waals surface area (Å²) in [5.74, 6) is 0.312. The quantitative estimate of drug-likeness (QED) is 0.198. The molecule has 0 spiro atoms. The molecule has 242 valence electrons. The zero-order valence-corrected chi connectivity index (χ0v) is 30.3. The molecule has 0 aromatic rings. The Balaban J connectivity index is -0.000000240. The van der Waals surface area contributed by atoms with Crippen LogP contribution < -0.4 is 0 Å². The molecule has 0 bridgehead atoms. The number of aliphatic hydroxyl groups is 3. The molecule has 0 atom stereocenters. The summed E-state index contributed by atoms with van der Waals surface area (Å²) in [7, 11) is 0. The molecule has 0 radical (unpaired) electrons. The second kappa shape index (κ2) is 16.7. The van der Waals surface area contributed by atoms with Crippen molar-refractivity contribution >= 4 is 17.3 Å². The van der Waals surface area contributed by atoms with Crippen molar-refractivity contribution in [2.75, 3.05) is 0 Å². The molecule has 0 amide bonds. The van der Waals surface area contributed by atoms with Crippen LogP contribution in [-0.2, 0) is 14.4 Å². The molecule has 0 aromatic carbocycles. The van der Waals surface area contributed by atoms with E-state index in [4.69, 9.17) is 0 Å². The Bertz CT molecular complexity index is 801. The normalized spacial score (nSPS) is 14.1. The Hall–Kier alpha value is -0.851. The van der Waals surface area contributed by atoms with Crippen LogP contribution in [0.4, 0.5) is 0 Å². The van der Waals surface area contributed by atoms with Crippen LogP contribution in [0.15, 0.2) is 35.5 Å². The Morgan fingerprint density at radius 2 is 0.475 bits per heavy atom. The fourth-order valence-electron chi connectivity index (χ4n) is 1.67. The van der Waals surface area contributed by atoms with E-state index in [2.05, 4.69) is 0 Å². The van der Waals surface area contributed by atoms with Gasteiger partial charge in [-0.2, -0.15) is 0 Å². The number of aliphatic hydroxyl groups excluding tert-OH is 3. The van der Waals surface area contributed by atoms with Crippen molar-refractivity contribution in [3.63, 3.8) is 0 Å². The second-order valence-corrected chi connectivity index (χ2v) is 16.2. The predicted molar refractivity (Wildman–Crippen MR) is 164 cm³/mol. The van der Waals surface area contributed by atoms with E-state index in [-0.39, 0.29) is 97.8 Å².